The van der Waals surface area contributed by atoms with Gasteiger partial charge in [-0.05, 0) is 29.2 Å². The fourth-order valence-corrected chi connectivity index (χ4v) is 5.04. The second-order valence-corrected chi connectivity index (χ2v) is 8.24. The lowest BCUT2D eigenvalue weighted by atomic mass is 9.74. The zero-order valence-corrected chi connectivity index (χ0v) is 15.5. The number of fused-ring (bicyclic) bond motifs is 1. The molecule has 0 aliphatic heterocycles. The number of aliphatic hydroxyl groups excluding tert-OH is 1. The molecule has 0 fully saturated rings. The maximum atomic E-state index is 12.7. The van der Waals surface area contributed by atoms with Crippen molar-refractivity contribution in [2.24, 2.45) is 0 Å². The minimum absolute atomic E-state index is 0.244. The molecule has 2 aromatic rings. The molecule has 0 aromatic heterocycles. The molecule has 2 unspecified atom stereocenters. The largest absolute Gasteiger partial charge is 0.508 e. The molecule has 3 N–H and O–H groups in total. The van der Waals surface area contributed by atoms with Crippen molar-refractivity contribution in [2.45, 2.75) is 17.6 Å². The average Bonchev–Trinajstić information content (AvgIpc) is 2.61. The van der Waals surface area contributed by atoms with Crippen molar-refractivity contribution in [1.82, 2.24) is 4.72 Å². The second-order valence-electron chi connectivity index (χ2n) is 6.44. The molecule has 0 radical (unpaired) electrons. The van der Waals surface area contributed by atoms with Crippen LogP contribution in [0.4, 0.5) is 4.79 Å². The van der Waals surface area contributed by atoms with Crippen LogP contribution in [0.15, 0.2) is 60.4 Å². The van der Waals surface area contributed by atoms with Crippen LogP contribution in [0.2, 0.25) is 0 Å². The minimum atomic E-state index is -4.32. The van der Waals surface area contributed by atoms with Gasteiger partial charge in [0.05, 0.1) is 7.11 Å². The smallest absolute Gasteiger partial charge is 0.418 e. The maximum absolute atomic E-state index is 12.7. The van der Waals surface area contributed by atoms with Crippen molar-refractivity contribution in [3.05, 3.63) is 65.9 Å². The normalized spacial score (nSPS) is 22.3. The number of carbonyl (C=O) groups is 1. The molecule has 1 amide bonds. The van der Waals surface area contributed by atoms with E-state index in [4.69, 9.17) is 9.84 Å². The van der Waals surface area contributed by atoms with Crippen LogP contribution in [0.5, 0.6) is 5.75 Å². The maximum Gasteiger partial charge on any atom is 0.418 e. The molecule has 7 nitrogen and oxygen atoms in total. The molecule has 3 rings (SSSR count). The van der Waals surface area contributed by atoms with E-state index in [2.05, 4.69) is 0 Å². The molecule has 142 valence electrons. The van der Waals surface area contributed by atoms with Crippen LogP contribution in [-0.4, -0.2) is 37.1 Å². The first-order valence-corrected chi connectivity index (χ1v) is 9.64. The number of ether oxygens (including phenoxy) is 1. The highest BCUT2D eigenvalue weighted by Gasteiger charge is 2.44. The fourth-order valence-electron chi connectivity index (χ4n) is 3.50. The summed E-state index contributed by atoms with van der Waals surface area (Å²) in [5.74, 6) is 0.394. The number of hydrogen-bond donors (Lipinski definition) is 3. The molecular weight excluding hydrogens is 370 g/mol. The summed E-state index contributed by atoms with van der Waals surface area (Å²) in [6.45, 7) is 1.69. The molecule has 8 heteroatoms. The summed E-state index contributed by atoms with van der Waals surface area (Å²) in [5, 5.41) is 19.0. The van der Waals surface area contributed by atoms with Gasteiger partial charge >= 0.3 is 6.09 Å². The van der Waals surface area contributed by atoms with Crippen molar-refractivity contribution in [3.63, 3.8) is 0 Å². The van der Waals surface area contributed by atoms with E-state index in [-0.39, 0.29) is 5.76 Å². The number of aliphatic hydroxyl groups is 1. The highest BCUT2D eigenvalue weighted by Crippen LogP contribution is 2.42. The Balaban J connectivity index is 2.27. The van der Waals surface area contributed by atoms with Crippen LogP contribution in [0, 0.1) is 0 Å². The van der Waals surface area contributed by atoms with Crippen molar-refractivity contribution >= 4 is 26.9 Å². The Labute approximate surface area is 156 Å². The molecule has 0 heterocycles. The molecule has 0 spiro atoms. The van der Waals surface area contributed by atoms with E-state index in [9.17, 15) is 18.3 Å². The highest BCUT2D eigenvalue weighted by molar-refractivity contribution is 7.90. The summed E-state index contributed by atoms with van der Waals surface area (Å²) in [4.78, 5) is 11.0. The number of carboxylic acid groups (broad SMARTS) is 1. The molecule has 0 saturated carbocycles. The van der Waals surface area contributed by atoms with E-state index in [1.807, 2.05) is 24.3 Å². The van der Waals surface area contributed by atoms with Gasteiger partial charge in [0.25, 0.3) is 0 Å². The third-order valence-corrected chi connectivity index (χ3v) is 6.52. The van der Waals surface area contributed by atoms with Crippen molar-refractivity contribution in [2.75, 3.05) is 7.11 Å². The third kappa shape index (κ3) is 3.23. The Morgan fingerprint density at radius 3 is 2.48 bits per heavy atom. The quantitative estimate of drug-likeness (QED) is 0.741. The lowest BCUT2D eigenvalue weighted by molar-refractivity contribution is 0.201. The molecule has 2 atom stereocenters. The first kappa shape index (κ1) is 18.8. The van der Waals surface area contributed by atoms with Crippen LogP contribution in [0.25, 0.3) is 10.8 Å². The van der Waals surface area contributed by atoms with Gasteiger partial charge in [0.1, 0.15) is 16.8 Å². The van der Waals surface area contributed by atoms with E-state index < -0.39 is 26.8 Å². The van der Waals surface area contributed by atoms with Crippen molar-refractivity contribution < 1.29 is 28.2 Å². The number of allylic oxidation sites excluding steroid dienone is 2. The van der Waals surface area contributed by atoms with Gasteiger partial charge in [-0.25, -0.2) is 17.9 Å². The third-order valence-electron chi connectivity index (χ3n) is 4.76. The molecule has 0 bridgehead atoms. The van der Waals surface area contributed by atoms with E-state index >= 15 is 0 Å². The number of methoxy groups -OCH3 is 1. The Kier molecular flexibility index (Phi) is 4.61. The molecular formula is C19H19NO6S. The second kappa shape index (κ2) is 6.62. The zero-order chi connectivity index (χ0) is 19.8. The summed E-state index contributed by atoms with van der Waals surface area (Å²) in [6.07, 6.45) is 2.44. The van der Waals surface area contributed by atoms with Crippen LogP contribution in [-0.2, 0) is 15.4 Å². The summed E-state index contributed by atoms with van der Waals surface area (Å²) in [7, 11) is -2.77. The average molecular weight is 389 g/mol. The summed E-state index contributed by atoms with van der Waals surface area (Å²) < 4.78 is 32.3. The number of benzene rings is 2. The Morgan fingerprint density at radius 2 is 1.85 bits per heavy atom. The number of rotatable bonds is 4. The molecule has 27 heavy (non-hydrogen) atoms. The topological polar surface area (TPSA) is 113 Å². The molecule has 0 saturated heterocycles. The van der Waals surface area contributed by atoms with Gasteiger partial charge in [-0.2, -0.15) is 0 Å². The number of hydrogen-bond acceptors (Lipinski definition) is 5. The first-order chi connectivity index (χ1) is 12.7. The van der Waals surface area contributed by atoms with Gasteiger partial charge in [0, 0.05) is 10.8 Å². The lowest BCUT2D eigenvalue weighted by Gasteiger charge is -2.36. The monoisotopic (exact) mass is 389 g/mol. The highest BCUT2D eigenvalue weighted by atomic mass is 32.2. The van der Waals surface area contributed by atoms with Gasteiger partial charge < -0.3 is 14.9 Å². The van der Waals surface area contributed by atoms with E-state index in [0.717, 1.165) is 16.8 Å². The zero-order valence-electron chi connectivity index (χ0n) is 14.7. The van der Waals surface area contributed by atoms with Gasteiger partial charge in [0.2, 0.25) is 10.0 Å². The van der Waals surface area contributed by atoms with E-state index in [0.29, 0.717) is 11.3 Å². The van der Waals surface area contributed by atoms with Crippen molar-refractivity contribution in [3.8, 4) is 5.75 Å². The van der Waals surface area contributed by atoms with Crippen LogP contribution in [0.1, 0.15) is 12.5 Å². The Bertz CT molecular complexity index is 1070. The number of sulfonamides is 1. The number of nitrogens with one attached hydrogen (secondary N) is 1. The van der Waals surface area contributed by atoms with Crippen molar-refractivity contribution in [1.29, 1.82) is 0 Å². The first-order valence-electron chi connectivity index (χ1n) is 8.10. The SMILES string of the molecule is COc1ccc(C2(C)C=CC(O)=CC2S(=O)(=O)NC(=O)O)c2ccccc12. The standard InChI is InChI=1S/C19H19NO6S/c1-19(10-9-12(21)11-17(19)27(24,25)20-18(22)23)15-7-8-16(26-2)14-6-4-3-5-13(14)15/h3-11,17,20-21H,1-2H3,(H,22,23). The van der Waals surface area contributed by atoms with Crippen LogP contribution < -0.4 is 9.46 Å². The predicted octanol–water partition coefficient (Wildman–Crippen LogP) is 3.08. The Morgan fingerprint density at radius 1 is 1.19 bits per heavy atom. The number of amides is 1. The summed E-state index contributed by atoms with van der Waals surface area (Å²) in [6, 6.07) is 10.9. The molecule has 1 aliphatic rings. The lowest BCUT2D eigenvalue weighted by Crippen LogP contribution is -2.48. The van der Waals surface area contributed by atoms with E-state index in [1.54, 1.807) is 37.0 Å². The summed E-state index contributed by atoms with van der Waals surface area (Å²) >= 11 is 0. The molecule has 2 aromatic carbocycles. The predicted molar refractivity (Wildman–Crippen MR) is 102 cm³/mol. The Hall–Kier alpha value is -3.00. The van der Waals surface area contributed by atoms with Gasteiger partial charge in [-0.1, -0.05) is 43.3 Å². The van der Waals surface area contributed by atoms with Crippen LogP contribution in [0.3, 0.4) is 0 Å². The molecule has 1 aliphatic carbocycles. The van der Waals surface area contributed by atoms with Gasteiger partial charge in [-0.3, -0.25) is 0 Å². The van der Waals surface area contributed by atoms with Gasteiger partial charge in [0.15, 0.2) is 0 Å². The van der Waals surface area contributed by atoms with Crippen LogP contribution >= 0.6 is 0 Å². The van der Waals surface area contributed by atoms with Gasteiger partial charge in [-0.15, -0.1) is 0 Å². The fraction of sp³-hybridized carbons (Fsp3) is 0.211. The van der Waals surface area contributed by atoms with E-state index in [1.165, 1.54) is 6.08 Å². The summed E-state index contributed by atoms with van der Waals surface area (Å²) in [5.41, 5.74) is -0.459. The minimum Gasteiger partial charge on any atom is -0.508 e.